The van der Waals surface area contributed by atoms with Gasteiger partial charge in [-0.2, -0.15) is 5.10 Å². The summed E-state index contributed by atoms with van der Waals surface area (Å²) in [6.45, 7) is 2.10. The number of amides is 2. The molecule has 1 aromatic heterocycles. The molecule has 0 aliphatic carbocycles. The zero-order valence-corrected chi connectivity index (χ0v) is 13.6. The van der Waals surface area contributed by atoms with Crippen LogP contribution in [0.15, 0.2) is 36.7 Å². The number of ether oxygens (including phenoxy) is 1. The molecular formula is C18H22N4O2. The Balaban J connectivity index is 1.29. The SMILES string of the molecule is O=C(NC[C@@H]1Cc2ccccc2O1)N1CCC[C@@H](c2cn[nH]c2)C1. The van der Waals surface area contributed by atoms with Crippen molar-refractivity contribution in [1.82, 2.24) is 20.4 Å². The van der Waals surface area contributed by atoms with Gasteiger partial charge >= 0.3 is 6.03 Å². The van der Waals surface area contributed by atoms with Gasteiger partial charge in [0.05, 0.1) is 12.7 Å². The van der Waals surface area contributed by atoms with Crippen molar-refractivity contribution < 1.29 is 9.53 Å². The summed E-state index contributed by atoms with van der Waals surface area (Å²) in [5.74, 6) is 1.31. The number of aromatic nitrogens is 2. The Labute approximate surface area is 141 Å². The van der Waals surface area contributed by atoms with Crippen LogP contribution < -0.4 is 10.1 Å². The van der Waals surface area contributed by atoms with E-state index in [9.17, 15) is 4.79 Å². The molecule has 0 spiro atoms. The molecule has 2 amide bonds. The molecule has 2 aliphatic rings. The van der Waals surface area contributed by atoms with Crippen LogP contribution in [0.1, 0.15) is 29.9 Å². The van der Waals surface area contributed by atoms with Crippen molar-refractivity contribution in [2.45, 2.75) is 31.3 Å². The van der Waals surface area contributed by atoms with Crippen molar-refractivity contribution in [1.29, 1.82) is 0 Å². The molecule has 0 unspecified atom stereocenters. The Bertz CT molecular complexity index is 676. The van der Waals surface area contributed by atoms with Crippen molar-refractivity contribution in [3.63, 3.8) is 0 Å². The van der Waals surface area contributed by atoms with Crippen LogP contribution in [0.4, 0.5) is 4.79 Å². The molecule has 126 valence electrons. The summed E-state index contributed by atoms with van der Waals surface area (Å²) in [7, 11) is 0. The number of carbonyl (C=O) groups is 1. The Morgan fingerprint density at radius 1 is 1.42 bits per heavy atom. The lowest BCUT2D eigenvalue weighted by molar-refractivity contribution is 0.170. The van der Waals surface area contributed by atoms with Crippen molar-refractivity contribution in [3.8, 4) is 5.75 Å². The number of urea groups is 1. The van der Waals surface area contributed by atoms with Gasteiger partial charge in [-0.1, -0.05) is 18.2 Å². The molecule has 1 saturated heterocycles. The highest BCUT2D eigenvalue weighted by molar-refractivity contribution is 5.74. The van der Waals surface area contributed by atoms with E-state index in [2.05, 4.69) is 21.6 Å². The molecule has 6 heteroatoms. The van der Waals surface area contributed by atoms with Crippen LogP contribution in [-0.2, 0) is 6.42 Å². The number of piperidine rings is 1. The second kappa shape index (κ2) is 6.55. The molecule has 3 heterocycles. The minimum Gasteiger partial charge on any atom is -0.488 e. The molecule has 2 aromatic rings. The minimum absolute atomic E-state index is 0.00255. The number of aromatic amines is 1. The van der Waals surface area contributed by atoms with Crippen molar-refractivity contribution in [2.75, 3.05) is 19.6 Å². The fraction of sp³-hybridized carbons (Fsp3) is 0.444. The third-order valence-electron chi connectivity index (χ3n) is 4.89. The number of nitrogens with one attached hydrogen (secondary N) is 2. The Kier molecular flexibility index (Phi) is 4.11. The lowest BCUT2D eigenvalue weighted by Crippen LogP contribution is -2.47. The first-order chi connectivity index (χ1) is 11.8. The van der Waals surface area contributed by atoms with Gasteiger partial charge in [0.25, 0.3) is 0 Å². The number of hydrogen-bond acceptors (Lipinski definition) is 3. The topological polar surface area (TPSA) is 70.2 Å². The maximum Gasteiger partial charge on any atom is 0.317 e. The highest BCUT2D eigenvalue weighted by atomic mass is 16.5. The molecule has 24 heavy (non-hydrogen) atoms. The second-order valence-corrected chi connectivity index (χ2v) is 6.55. The molecule has 2 aliphatic heterocycles. The molecule has 1 fully saturated rings. The zero-order chi connectivity index (χ0) is 16.4. The normalized spacial score (nSPS) is 22.8. The van der Waals surface area contributed by atoms with Crippen molar-refractivity contribution >= 4 is 6.03 Å². The number of H-pyrrole nitrogens is 1. The number of rotatable bonds is 3. The number of nitrogens with zero attached hydrogens (tertiary/aromatic N) is 2. The van der Waals surface area contributed by atoms with Gasteiger partial charge in [-0.15, -0.1) is 0 Å². The van der Waals surface area contributed by atoms with Gasteiger partial charge in [0.2, 0.25) is 0 Å². The fourth-order valence-electron chi connectivity index (χ4n) is 3.60. The molecule has 0 bridgehead atoms. The van der Waals surface area contributed by atoms with Gasteiger partial charge < -0.3 is 15.0 Å². The lowest BCUT2D eigenvalue weighted by Gasteiger charge is -2.32. The quantitative estimate of drug-likeness (QED) is 0.909. The number of para-hydroxylation sites is 1. The van der Waals surface area contributed by atoms with Gasteiger partial charge in [-0.25, -0.2) is 4.79 Å². The van der Waals surface area contributed by atoms with E-state index < -0.39 is 0 Å². The Hall–Kier alpha value is -2.50. The van der Waals surface area contributed by atoms with Gasteiger partial charge in [-0.3, -0.25) is 5.10 Å². The lowest BCUT2D eigenvalue weighted by atomic mass is 9.93. The van der Waals surface area contributed by atoms with Gasteiger partial charge in [-0.05, 0) is 30.0 Å². The summed E-state index contributed by atoms with van der Waals surface area (Å²) in [6.07, 6.45) is 6.79. The third-order valence-corrected chi connectivity index (χ3v) is 4.89. The predicted molar refractivity (Wildman–Crippen MR) is 90.1 cm³/mol. The number of benzene rings is 1. The second-order valence-electron chi connectivity index (χ2n) is 6.55. The van der Waals surface area contributed by atoms with Crippen LogP contribution in [-0.4, -0.2) is 46.9 Å². The largest absolute Gasteiger partial charge is 0.488 e. The summed E-state index contributed by atoms with van der Waals surface area (Å²) in [5.41, 5.74) is 2.40. The Morgan fingerprint density at radius 3 is 3.17 bits per heavy atom. The van der Waals surface area contributed by atoms with E-state index in [0.29, 0.717) is 12.5 Å². The molecule has 0 saturated carbocycles. The monoisotopic (exact) mass is 326 g/mol. The fourth-order valence-corrected chi connectivity index (χ4v) is 3.60. The van der Waals surface area contributed by atoms with Crippen LogP contribution >= 0.6 is 0 Å². The third kappa shape index (κ3) is 3.09. The number of likely N-dealkylation sites (tertiary alicyclic amines) is 1. The smallest absolute Gasteiger partial charge is 0.317 e. The van der Waals surface area contributed by atoms with Gasteiger partial charge in [0, 0.05) is 31.6 Å². The van der Waals surface area contributed by atoms with Crippen LogP contribution in [0.2, 0.25) is 0 Å². The van der Waals surface area contributed by atoms with Crippen molar-refractivity contribution in [2.24, 2.45) is 0 Å². The molecule has 0 radical (unpaired) electrons. The summed E-state index contributed by atoms with van der Waals surface area (Å²) in [5, 5.41) is 9.91. The molecule has 2 atom stereocenters. The van der Waals surface area contributed by atoms with E-state index in [0.717, 1.165) is 38.1 Å². The van der Waals surface area contributed by atoms with E-state index in [1.807, 2.05) is 35.5 Å². The average Bonchev–Trinajstić information content (AvgIpc) is 3.29. The maximum absolute atomic E-state index is 12.5. The first-order valence-corrected chi connectivity index (χ1v) is 8.55. The van der Waals surface area contributed by atoms with Crippen molar-refractivity contribution in [3.05, 3.63) is 47.8 Å². The summed E-state index contributed by atoms with van der Waals surface area (Å²) in [4.78, 5) is 14.4. The van der Waals surface area contributed by atoms with E-state index in [-0.39, 0.29) is 12.1 Å². The van der Waals surface area contributed by atoms with E-state index in [1.54, 1.807) is 0 Å². The standard InChI is InChI=1S/C18H22N4O2/c23-18(19-11-16-8-13-4-1-2-6-17(13)24-16)22-7-3-5-14(12-22)15-9-20-21-10-15/h1-2,4,6,9-10,14,16H,3,5,7-8,11-12H2,(H,19,23)(H,20,21)/t14-,16+/m1/s1. The number of carbonyl (C=O) groups excluding carboxylic acids is 1. The van der Waals surface area contributed by atoms with E-state index in [4.69, 9.17) is 4.74 Å². The Morgan fingerprint density at radius 2 is 2.33 bits per heavy atom. The highest BCUT2D eigenvalue weighted by Crippen LogP contribution is 2.28. The van der Waals surface area contributed by atoms with Crippen LogP contribution in [0.25, 0.3) is 0 Å². The first kappa shape index (κ1) is 15.1. The number of hydrogen-bond donors (Lipinski definition) is 2. The summed E-state index contributed by atoms with van der Waals surface area (Å²) >= 11 is 0. The highest BCUT2D eigenvalue weighted by Gasteiger charge is 2.27. The van der Waals surface area contributed by atoms with Gasteiger partial charge in [0.15, 0.2) is 0 Å². The van der Waals surface area contributed by atoms with Crippen LogP contribution in [0, 0.1) is 0 Å². The molecular weight excluding hydrogens is 304 g/mol. The van der Waals surface area contributed by atoms with E-state index >= 15 is 0 Å². The number of fused-ring (bicyclic) bond motifs is 1. The first-order valence-electron chi connectivity index (χ1n) is 8.55. The summed E-state index contributed by atoms with van der Waals surface area (Å²) in [6, 6.07) is 8.06. The average molecular weight is 326 g/mol. The zero-order valence-electron chi connectivity index (χ0n) is 13.6. The molecule has 1 aromatic carbocycles. The minimum atomic E-state index is 0.00255. The maximum atomic E-state index is 12.5. The molecule has 4 rings (SSSR count). The molecule has 6 nitrogen and oxygen atoms in total. The van der Waals surface area contributed by atoms with Gasteiger partial charge in [0.1, 0.15) is 11.9 Å². The van der Waals surface area contributed by atoms with Crippen LogP contribution in [0.3, 0.4) is 0 Å². The predicted octanol–water partition coefficient (Wildman–Crippen LogP) is 2.30. The van der Waals surface area contributed by atoms with Crippen LogP contribution in [0.5, 0.6) is 5.75 Å². The van der Waals surface area contributed by atoms with E-state index in [1.165, 1.54) is 11.1 Å². The summed E-state index contributed by atoms with van der Waals surface area (Å²) < 4.78 is 5.88. The molecule has 2 N–H and O–H groups in total.